The third-order valence-electron chi connectivity index (χ3n) is 4.86. The zero-order valence-corrected chi connectivity index (χ0v) is 14.2. The predicted molar refractivity (Wildman–Crippen MR) is 88.0 cm³/mol. The molecule has 1 N–H and O–H groups in total. The van der Waals surface area contributed by atoms with Crippen LogP contribution in [0.1, 0.15) is 35.6 Å². The fraction of sp³-hybridized carbons (Fsp3) is 0.588. The van der Waals surface area contributed by atoms with E-state index in [2.05, 4.69) is 19.7 Å². The second-order valence-corrected chi connectivity index (χ2v) is 6.56. The number of amides is 1. The number of aromatic amines is 1. The van der Waals surface area contributed by atoms with Crippen molar-refractivity contribution in [2.24, 2.45) is 5.92 Å². The van der Waals surface area contributed by atoms with Crippen LogP contribution in [0, 0.1) is 26.7 Å². The number of nitrogens with one attached hydrogen (secondary N) is 1. The van der Waals surface area contributed by atoms with Crippen molar-refractivity contribution < 1.29 is 4.79 Å². The van der Waals surface area contributed by atoms with Crippen LogP contribution < -0.4 is 0 Å². The molecule has 2 aromatic heterocycles. The van der Waals surface area contributed by atoms with Crippen LogP contribution in [-0.4, -0.2) is 43.6 Å². The van der Waals surface area contributed by atoms with Crippen LogP contribution in [-0.2, 0) is 17.8 Å². The number of nitrogens with zero attached hydrogens (tertiary/aromatic N) is 4. The SMILES string of the molecule is Cc1n[nH]c(C)c1CC(=O)N1CCC[C@H](Cn2ccnc2C)C1. The predicted octanol–water partition coefficient (Wildman–Crippen LogP) is 2.01. The number of aryl methyl sites for hydroxylation is 3. The number of hydrogen-bond acceptors (Lipinski definition) is 3. The molecular formula is C17H25N5O. The van der Waals surface area contributed by atoms with E-state index >= 15 is 0 Å². The molecule has 0 unspecified atom stereocenters. The first-order valence-corrected chi connectivity index (χ1v) is 8.30. The van der Waals surface area contributed by atoms with Crippen LogP contribution in [0.5, 0.6) is 0 Å². The lowest BCUT2D eigenvalue weighted by Gasteiger charge is -2.33. The summed E-state index contributed by atoms with van der Waals surface area (Å²) in [5.41, 5.74) is 2.97. The summed E-state index contributed by atoms with van der Waals surface area (Å²) in [5, 5.41) is 7.14. The summed E-state index contributed by atoms with van der Waals surface area (Å²) in [6, 6.07) is 0. The molecule has 2 aromatic rings. The maximum atomic E-state index is 12.6. The molecule has 1 saturated heterocycles. The highest BCUT2D eigenvalue weighted by molar-refractivity contribution is 5.79. The van der Waals surface area contributed by atoms with Crippen molar-refractivity contribution in [1.29, 1.82) is 0 Å². The Kier molecular flexibility index (Phi) is 4.50. The molecule has 1 aliphatic rings. The fourth-order valence-electron chi connectivity index (χ4n) is 3.41. The van der Waals surface area contributed by atoms with E-state index in [0.29, 0.717) is 12.3 Å². The molecule has 0 spiro atoms. The second-order valence-electron chi connectivity index (χ2n) is 6.56. The van der Waals surface area contributed by atoms with Gasteiger partial charge in [0.05, 0.1) is 12.1 Å². The molecule has 3 heterocycles. The number of hydrogen-bond donors (Lipinski definition) is 1. The third kappa shape index (κ3) is 3.46. The molecule has 3 rings (SSSR count). The van der Waals surface area contributed by atoms with Crippen LogP contribution in [0.3, 0.4) is 0 Å². The van der Waals surface area contributed by atoms with Crippen molar-refractivity contribution in [2.45, 2.75) is 46.6 Å². The van der Waals surface area contributed by atoms with Gasteiger partial charge in [0, 0.05) is 43.3 Å². The normalized spacial score (nSPS) is 18.4. The van der Waals surface area contributed by atoms with Crippen molar-refractivity contribution in [3.8, 4) is 0 Å². The maximum Gasteiger partial charge on any atom is 0.227 e. The summed E-state index contributed by atoms with van der Waals surface area (Å²) in [6.07, 6.45) is 6.56. The molecule has 1 atom stereocenters. The van der Waals surface area contributed by atoms with E-state index in [0.717, 1.165) is 48.8 Å². The van der Waals surface area contributed by atoms with E-state index in [1.807, 2.05) is 38.1 Å². The quantitative estimate of drug-likeness (QED) is 0.938. The van der Waals surface area contributed by atoms with Crippen molar-refractivity contribution in [1.82, 2.24) is 24.6 Å². The first-order chi connectivity index (χ1) is 11.0. The minimum atomic E-state index is 0.213. The molecule has 0 bridgehead atoms. The molecule has 0 aliphatic carbocycles. The number of carbonyl (C=O) groups is 1. The number of H-pyrrole nitrogens is 1. The standard InChI is InChI=1S/C17H25N5O/c1-12-16(13(2)20-19-12)9-17(23)22-7-4-5-15(11-22)10-21-8-6-18-14(21)3/h6,8,15H,4-5,7,9-11H2,1-3H3,(H,19,20)/t15-/m1/s1. The first-order valence-electron chi connectivity index (χ1n) is 8.30. The highest BCUT2D eigenvalue weighted by atomic mass is 16.2. The number of imidazole rings is 1. The molecule has 1 amide bonds. The second kappa shape index (κ2) is 6.56. The lowest BCUT2D eigenvalue weighted by Crippen LogP contribution is -2.42. The van der Waals surface area contributed by atoms with Gasteiger partial charge in [0.1, 0.15) is 5.82 Å². The zero-order valence-electron chi connectivity index (χ0n) is 14.2. The number of carbonyl (C=O) groups excluding carboxylic acids is 1. The summed E-state index contributed by atoms with van der Waals surface area (Å²) in [5.74, 6) is 1.76. The van der Waals surface area contributed by atoms with Gasteiger partial charge < -0.3 is 9.47 Å². The van der Waals surface area contributed by atoms with Crippen molar-refractivity contribution >= 4 is 5.91 Å². The largest absolute Gasteiger partial charge is 0.342 e. The van der Waals surface area contributed by atoms with E-state index < -0.39 is 0 Å². The Balaban J connectivity index is 1.62. The number of likely N-dealkylation sites (tertiary alicyclic amines) is 1. The Labute approximate surface area is 136 Å². The van der Waals surface area contributed by atoms with Gasteiger partial charge in [0.2, 0.25) is 5.91 Å². The van der Waals surface area contributed by atoms with Gasteiger partial charge in [0.15, 0.2) is 0 Å². The topological polar surface area (TPSA) is 66.8 Å². The molecule has 0 radical (unpaired) electrons. The molecule has 0 aromatic carbocycles. The average molecular weight is 315 g/mol. The highest BCUT2D eigenvalue weighted by Gasteiger charge is 2.25. The van der Waals surface area contributed by atoms with Crippen molar-refractivity contribution in [3.63, 3.8) is 0 Å². The van der Waals surface area contributed by atoms with E-state index in [1.54, 1.807) is 0 Å². The van der Waals surface area contributed by atoms with Crippen LogP contribution in [0.2, 0.25) is 0 Å². The van der Waals surface area contributed by atoms with Gasteiger partial charge in [-0.05, 0) is 39.5 Å². The van der Waals surface area contributed by atoms with Gasteiger partial charge in [-0.15, -0.1) is 0 Å². The monoisotopic (exact) mass is 315 g/mol. The minimum Gasteiger partial charge on any atom is -0.342 e. The summed E-state index contributed by atoms with van der Waals surface area (Å²) in [4.78, 5) is 18.9. The highest BCUT2D eigenvalue weighted by Crippen LogP contribution is 2.20. The lowest BCUT2D eigenvalue weighted by atomic mass is 9.97. The molecule has 6 heteroatoms. The average Bonchev–Trinajstić information content (AvgIpc) is 3.08. The molecule has 1 fully saturated rings. The first kappa shape index (κ1) is 15.8. The van der Waals surface area contributed by atoms with Crippen LogP contribution >= 0.6 is 0 Å². The fourth-order valence-corrected chi connectivity index (χ4v) is 3.41. The van der Waals surface area contributed by atoms with Gasteiger partial charge in [-0.2, -0.15) is 5.10 Å². The number of piperidine rings is 1. The van der Waals surface area contributed by atoms with E-state index in [9.17, 15) is 4.79 Å². The molecule has 124 valence electrons. The Morgan fingerprint density at radius 3 is 2.87 bits per heavy atom. The van der Waals surface area contributed by atoms with Crippen molar-refractivity contribution in [3.05, 3.63) is 35.2 Å². The smallest absolute Gasteiger partial charge is 0.227 e. The van der Waals surface area contributed by atoms with Gasteiger partial charge in [-0.25, -0.2) is 4.98 Å². The summed E-state index contributed by atoms with van der Waals surface area (Å²) >= 11 is 0. The Hall–Kier alpha value is -2.11. The van der Waals surface area contributed by atoms with Gasteiger partial charge in [0.25, 0.3) is 0 Å². The number of rotatable bonds is 4. The van der Waals surface area contributed by atoms with E-state index in [-0.39, 0.29) is 5.91 Å². The summed E-state index contributed by atoms with van der Waals surface area (Å²) in [6.45, 7) is 8.60. The zero-order chi connectivity index (χ0) is 16.4. The van der Waals surface area contributed by atoms with Gasteiger partial charge in [-0.1, -0.05) is 0 Å². The molecular weight excluding hydrogens is 290 g/mol. The van der Waals surface area contributed by atoms with Gasteiger partial charge in [-0.3, -0.25) is 9.89 Å². The third-order valence-corrected chi connectivity index (χ3v) is 4.86. The summed E-state index contributed by atoms with van der Waals surface area (Å²) in [7, 11) is 0. The van der Waals surface area contributed by atoms with Crippen LogP contribution in [0.4, 0.5) is 0 Å². The molecule has 0 saturated carbocycles. The minimum absolute atomic E-state index is 0.213. The lowest BCUT2D eigenvalue weighted by molar-refractivity contribution is -0.132. The summed E-state index contributed by atoms with van der Waals surface area (Å²) < 4.78 is 2.18. The van der Waals surface area contributed by atoms with Crippen molar-refractivity contribution in [2.75, 3.05) is 13.1 Å². The van der Waals surface area contributed by atoms with Crippen LogP contribution in [0.25, 0.3) is 0 Å². The number of aromatic nitrogens is 4. The Bertz CT molecular complexity index is 667. The molecule has 23 heavy (non-hydrogen) atoms. The van der Waals surface area contributed by atoms with E-state index in [1.165, 1.54) is 6.42 Å². The molecule has 6 nitrogen and oxygen atoms in total. The Morgan fingerprint density at radius 2 is 2.22 bits per heavy atom. The van der Waals surface area contributed by atoms with Gasteiger partial charge >= 0.3 is 0 Å². The molecule has 1 aliphatic heterocycles. The Morgan fingerprint density at radius 1 is 1.39 bits per heavy atom. The van der Waals surface area contributed by atoms with E-state index in [4.69, 9.17) is 0 Å². The maximum absolute atomic E-state index is 12.6. The van der Waals surface area contributed by atoms with Crippen LogP contribution in [0.15, 0.2) is 12.4 Å².